The van der Waals surface area contributed by atoms with Crippen molar-refractivity contribution in [1.82, 2.24) is 9.88 Å². The second-order valence-corrected chi connectivity index (χ2v) is 6.15. The maximum atomic E-state index is 6.11. The molecular weight excluding hydrogens is 302 g/mol. The first-order chi connectivity index (χ1) is 8.22. The minimum atomic E-state index is 0.544. The van der Waals surface area contributed by atoms with Crippen LogP contribution in [-0.2, 0) is 0 Å². The Balaban J connectivity index is 1.75. The van der Waals surface area contributed by atoms with Crippen molar-refractivity contribution in [2.45, 2.75) is 18.9 Å². The van der Waals surface area contributed by atoms with E-state index in [1.807, 2.05) is 6.07 Å². The molecule has 0 amide bonds. The summed E-state index contributed by atoms with van der Waals surface area (Å²) in [6.45, 7) is 3.69. The predicted octanol–water partition coefficient (Wildman–Crippen LogP) is 3.00. The van der Waals surface area contributed by atoms with Gasteiger partial charge in [0.15, 0.2) is 5.15 Å². The lowest BCUT2D eigenvalue weighted by Gasteiger charge is -2.31. The van der Waals surface area contributed by atoms with Crippen LogP contribution in [0.15, 0.2) is 16.7 Å². The third-order valence-corrected chi connectivity index (χ3v) is 4.52. The van der Waals surface area contributed by atoms with E-state index in [0.29, 0.717) is 11.2 Å². The van der Waals surface area contributed by atoms with Gasteiger partial charge in [0, 0.05) is 29.8 Å². The molecule has 2 bridgehead atoms. The van der Waals surface area contributed by atoms with Crippen molar-refractivity contribution in [3.63, 3.8) is 0 Å². The van der Waals surface area contributed by atoms with Crippen molar-refractivity contribution in [1.29, 1.82) is 0 Å². The number of hydrogen-bond acceptors (Lipinski definition) is 3. The van der Waals surface area contributed by atoms with Crippen LogP contribution < -0.4 is 5.32 Å². The number of aromatic nitrogens is 1. The van der Waals surface area contributed by atoms with E-state index in [4.69, 9.17) is 11.6 Å². The highest BCUT2D eigenvalue weighted by atomic mass is 79.9. The fraction of sp³-hybridized carbons (Fsp3) is 0.583. The Morgan fingerprint density at radius 2 is 2.24 bits per heavy atom. The van der Waals surface area contributed by atoms with Gasteiger partial charge in [-0.2, -0.15) is 0 Å². The summed E-state index contributed by atoms with van der Waals surface area (Å²) < 4.78 is 0.966. The number of fused-ring (bicyclic) bond motifs is 2. The predicted molar refractivity (Wildman–Crippen MR) is 73.5 cm³/mol. The number of rotatable bonds is 2. The Bertz CT molecular complexity index is 426. The number of halogens is 2. The van der Waals surface area contributed by atoms with Gasteiger partial charge >= 0.3 is 0 Å². The van der Waals surface area contributed by atoms with E-state index in [9.17, 15) is 0 Å². The van der Waals surface area contributed by atoms with E-state index < -0.39 is 0 Å². The summed E-state index contributed by atoms with van der Waals surface area (Å²) in [5, 5.41) is 4.13. The molecule has 2 fully saturated rings. The van der Waals surface area contributed by atoms with Gasteiger partial charge in [0.2, 0.25) is 0 Å². The molecule has 3 nitrogen and oxygen atoms in total. The molecule has 0 saturated carbocycles. The smallest absolute Gasteiger partial charge is 0.152 e. The Morgan fingerprint density at radius 1 is 1.41 bits per heavy atom. The molecule has 3 atom stereocenters. The summed E-state index contributed by atoms with van der Waals surface area (Å²) >= 11 is 9.54. The summed E-state index contributed by atoms with van der Waals surface area (Å²) in [5.41, 5.74) is 0.950. The molecular formula is C12H15BrClN3. The van der Waals surface area contributed by atoms with Gasteiger partial charge in [-0.25, -0.2) is 4.98 Å². The largest absolute Gasteiger partial charge is 0.379 e. The average molecular weight is 317 g/mol. The summed E-state index contributed by atoms with van der Waals surface area (Å²) in [4.78, 5) is 6.70. The summed E-state index contributed by atoms with van der Waals surface area (Å²) in [5.74, 6) is 0.763. The number of piperidine rings is 1. The van der Waals surface area contributed by atoms with Gasteiger partial charge in [-0.15, -0.1) is 0 Å². The quantitative estimate of drug-likeness (QED) is 0.850. The number of hydrogen-bond donors (Lipinski definition) is 1. The van der Waals surface area contributed by atoms with Crippen LogP contribution in [0.25, 0.3) is 0 Å². The monoisotopic (exact) mass is 315 g/mol. The normalized spacial score (nSPS) is 31.5. The minimum absolute atomic E-state index is 0.544. The Hall–Kier alpha value is -0.320. The maximum Gasteiger partial charge on any atom is 0.152 e. The van der Waals surface area contributed by atoms with Crippen molar-refractivity contribution in [2.24, 2.45) is 5.92 Å². The molecule has 1 N–H and O–H groups in total. The molecule has 3 rings (SSSR count). The lowest BCUT2D eigenvalue weighted by molar-refractivity contribution is 0.255. The zero-order valence-corrected chi connectivity index (χ0v) is 11.8. The van der Waals surface area contributed by atoms with Gasteiger partial charge < -0.3 is 10.2 Å². The fourth-order valence-electron chi connectivity index (χ4n) is 2.87. The molecule has 0 aliphatic carbocycles. The van der Waals surface area contributed by atoms with Crippen molar-refractivity contribution < 1.29 is 0 Å². The zero-order valence-electron chi connectivity index (χ0n) is 9.50. The molecule has 0 spiro atoms. The van der Waals surface area contributed by atoms with Crippen LogP contribution >= 0.6 is 27.5 Å². The molecule has 0 radical (unpaired) electrons. The van der Waals surface area contributed by atoms with Crippen LogP contribution in [-0.4, -0.2) is 35.6 Å². The van der Waals surface area contributed by atoms with Crippen molar-refractivity contribution >= 4 is 33.2 Å². The molecule has 2 aliphatic rings. The number of nitrogens with zero attached hydrogens (tertiary/aromatic N) is 2. The summed E-state index contributed by atoms with van der Waals surface area (Å²) in [6.07, 6.45) is 4.23. The van der Waals surface area contributed by atoms with Crippen LogP contribution in [0.1, 0.15) is 12.8 Å². The summed E-state index contributed by atoms with van der Waals surface area (Å²) in [6, 6.07) is 2.55. The van der Waals surface area contributed by atoms with E-state index in [1.165, 1.54) is 32.5 Å². The van der Waals surface area contributed by atoms with Gasteiger partial charge in [0.05, 0.1) is 5.69 Å². The molecule has 2 saturated heterocycles. The van der Waals surface area contributed by atoms with Gasteiger partial charge in [-0.1, -0.05) is 11.6 Å². The highest BCUT2D eigenvalue weighted by Crippen LogP contribution is 2.31. The van der Waals surface area contributed by atoms with E-state index in [-0.39, 0.29) is 0 Å². The topological polar surface area (TPSA) is 28.2 Å². The van der Waals surface area contributed by atoms with Crippen LogP contribution in [0.4, 0.5) is 5.69 Å². The standard InChI is InChI=1S/C12H15BrClN3/c13-9-5-11(12(14)15-6-9)16-10-2-4-17-3-1-8(10)7-17/h5-6,8,10,16H,1-4,7H2. The molecule has 3 unspecified atom stereocenters. The van der Waals surface area contributed by atoms with Crippen molar-refractivity contribution in [2.75, 3.05) is 25.0 Å². The molecule has 3 heterocycles. The molecule has 2 aliphatic heterocycles. The second-order valence-electron chi connectivity index (χ2n) is 4.88. The zero-order chi connectivity index (χ0) is 11.8. The SMILES string of the molecule is Clc1ncc(Br)cc1NC1CCN2CCC1C2. The Kier molecular flexibility index (Phi) is 3.28. The van der Waals surface area contributed by atoms with Crippen molar-refractivity contribution in [3.05, 3.63) is 21.9 Å². The molecule has 0 aromatic carbocycles. The second kappa shape index (κ2) is 4.75. The average Bonchev–Trinajstić information content (AvgIpc) is 2.70. The number of anilines is 1. The molecule has 1 aromatic heterocycles. The van der Waals surface area contributed by atoms with Crippen LogP contribution in [0.2, 0.25) is 5.15 Å². The first kappa shape index (κ1) is 11.8. The van der Waals surface area contributed by atoms with Crippen LogP contribution in [0.3, 0.4) is 0 Å². The van der Waals surface area contributed by atoms with Gasteiger partial charge in [-0.3, -0.25) is 0 Å². The van der Waals surface area contributed by atoms with E-state index in [1.54, 1.807) is 6.20 Å². The molecule has 17 heavy (non-hydrogen) atoms. The van der Waals surface area contributed by atoms with E-state index in [2.05, 4.69) is 31.1 Å². The first-order valence-corrected chi connectivity index (χ1v) is 7.19. The lowest BCUT2D eigenvalue weighted by Crippen LogP contribution is -2.39. The minimum Gasteiger partial charge on any atom is -0.379 e. The first-order valence-electron chi connectivity index (χ1n) is 6.02. The van der Waals surface area contributed by atoms with E-state index >= 15 is 0 Å². The lowest BCUT2D eigenvalue weighted by atomic mass is 9.94. The fourth-order valence-corrected chi connectivity index (χ4v) is 3.35. The van der Waals surface area contributed by atoms with E-state index in [0.717, 1.165) is 16.1 Å². The summed E-state index contributed by atoms with van der Waals surface area (Å²) in [7, 11) is 0. The van der Waals surface area contributed by atoms with Crippen LogP contribution in [0, 0.1) is 5.92 Å². The third kappa shape index (κ3) is 2.44. The van der Waals surface area contributed by atoms with Gasteiger partial charge in [0.1, 0.15) is 0 Å². The van der Waals surface area contributed by atoms with Gasteiger partial charge in [0.25, 0.3) is 0 Å². The molecule has 5 heteroatoms. The van der Waals surface area contributed by atoms with Gasteiger partial charge in [-0.05, 0) is 47.3 Å². The maximum absolute atomic E-state index is 6.11. The van der Waals surface area contributed by atoms with Crippen LogP contribution in [0.5, 0.6) is 0 Å². The highest BCUT2D eigenvalue weighted by molar-refractivity contribution is 9.10. The molecule has 92 valence electrons. The number of pyridine rings is 1. The Morgan fingerprint density at radius 3 is 3.12 bits per heavy atom. The third-order valence-electron chi connectivity index (χ3n) is 3.78. The van der Waals surface area contributed by atoms with Crippen molar-refractivity contribution in [3.8, 4) is 0 Å². The Labute approximate surface area is 115 Å². The number of nitrogens with one attached hydrogen (secondary N) is 1. The highest BCUT2D eigenvalue weighted by Gasteiger charge is 2.34. The molecule has 1 aromatic rings.